The summed E-state index contributed by atoms with van der Waals surface area (Å²) in [6.07, 6.45) is 8.41. The van der Waals surface area contributed by atoms with E-state index in [1.165, 1.54) is 0 Å². The lowest BCUT2D eigenvalue weighted by Gasteiger charge is -2.25. The highest BCUT2D eigenvalue weighted by atomic mass is 16.6. The van der Waals surface area contributed by atoms with Crippen LogP contribution in [0, 0.1) is 0 Å². The Labute approximate surface area is 125 Å². The van der Waals surface area contributed by atoms with E-state index < -0.39 is 0 Å². The van der Waals surface area contributed by atoms with E-state index in [1.807, 2.05) is 6.08 Å². The first kappa shape index (κ1) is 19.6. The van der Waals surface area contributed by atoms with E-state index in [2.05, 4.69) is 27.4 Å². The van der Waals surface area contributed by atoms with Crippen molar-refractivity contribution in [2.24, 2.45) is 0 Å². The molecule has 0 bridgehead atoms. The first-order valence-electron chi connectivity index (χ1n) is 8.23. The molecule has 0 aromatic rings. The predicted octanol–water partition coefficient (Wildman–Crippen LogP) is 4.36. The minimum Gasteiger partial charge on any atom is -0.379 e. The Balaban J connectivity index is 4.17. The van der Waals surface area contributed by atoms with Crippen LogP contribution >= 0.6 is 0 Å². The minimum atomic E-state index is -0.0694. The van der Waals surface area contributed by atoms with Crippen LogP contribution in [0.3, 0.4) is 0 Å². The summed E-state index contributed by atoms with van der Waals surface area (Å²) in [5, 5.41) is 0. The molecular weight excluding hydrogens is 252 g/mol. The second-order valence-electron chi connectivity index (χ2n) is 5.12. The van der Waals surface area contributed by atoms with E-state index in [9.17, 15) is 0 Å². The average molecular weight is 286 g/mol. The van der Waals surface area contributed by atoms with E-state index in [1.54, 1.807) is 0 Å². The van der Waals surface area contributed by atoms with Crippen LogP contribution < -0.4 is 0 Å². The Morgan fingerprint density at radius 1 is 0.850 bits per heavy atom. The standard InChI is InChI=1S/C17H34O3/c1-5-9-12-18-15-17(20-14-11-7-3)16(8-4)19-13-10-6-2/h8,16-17H,4-7,9-15H2,1-3H3/t16-,17+/m1/s1. The van der Waals surface area contributed by atoms with Gasteiger partial charge in [-0.3, -0.25) is 0 Å². The monoisotopic (exact) mass is 286 g/mol. The van der Waals surface area contributed by atoms with E-state index >= 15 is 0 Å². The van der Waals surface area contributed by atoms with Gasteiger partial charge in [-0.1, -0.05) is 46.1 Å². The fourth-order valence-electron chi connectivity index (χ4n) is 1.75. The van der Waals surface area contributed by atoms with Crippen LogP contribution in [-0.4, -0.2) is 38.6 Å². The summed E-state index contributed by atoms with van der Waals surface area (Å²) in [5.41, 5.74) is 0. The zero-order valence-electron chi connectivity index (χ0n) is 13.7. The Bertz CT molecular complexity index is 206. The molecule has 0 amide bonds. The van der Waals surface area contributed by atoms with Gasteiger partial charge in [-0.15, -0.1) is 6.58 Å². The molecule has 2 atom stereocenters. The van der Waals surface area contributed by atoms with Gasteiger partial charge < -0.3 is 14.2 Å². The van der Waals surface area contributed by atoms with Crippen LogP contribution in [0.4, 0.5) is 0 Å². The fourth-order valence-corrected chi connectivity index (χ4v) is 1.75. The number of hydrogen-bond acceptors (Lipinski definition) is 3. The van der Waals surface area contributed by atoms with E-state index in [-0.39, 0.29) is 12.2 Å². The molecule has 120 valence electrons. The molecule has 0 saturated carbocycles. The maximum Gasteiger partial charge on any atom is 0.110 e. The van der Waals surface area contributed by atoms with E-state index in [0.717, 1.165) is 58.3 Å². The van der Waals surface area contributed by atoms with Crippen molar-refractivity contribution in [2.45, 2.75) is 71.5 Å². The van der Waals surface area contributed by atoms with Gasteiger partial charge in [0.1, 0.15) is 12.2 Å². The summed E-state index contributed by atoms with van der Waals surface area (Å²) in [6, 6.07) is 0. The lowest BCUT2D eigenvalue weighted by Crippen LogP contribution is -2.35. The minimum absolute atomic E-state index is 0.0345. The third kappa shape index (κ3) is 10.4. The average Bonchev–Trinajstić information content (AvgIpc) is 2.47. The maximum absolute atomic E-state index is 5.93. The van der Waals surface area contributed by atoms with Crippen LogP contribution in [0.15, 0.2) is 12.7 Å². The Morgan fingerprint density at radius 3 is 1.95 bits per heavy atom. The second kappa shape index (κ2) is 15.0. The molecule has 0 heterocycles. The summed E-state index contributed by atoms with van der Waals surface area (Å²) in [6.45, 7) is 13.3. The number of ether oxygens (including phenoxy) is 3. The molecule has 0 spiro atoms. The molecule has 0 aromatic heterocycles. The maximum atomic E-state index is 5.93. The van der Waals surface area contributed by atoms with Gasteiger partial charge >= 0.3 is 0 Å². The molecule has 0 fully saturated rings. The fraction of sp³-hybridized carbons (Fsp3) is 0.882. The Kier molecular flexibility index (Phi) is 14.7. The van der Waals surface area contributed by atoms with Crippen molar-refractivity contribution in [1.82, 2.24) is 0 Å². The van der Waals surface area contributed by atoms with Crippen molar-refractivity contribution >= 4 is 0 Å². The molecule has 0 aliphatic heterocycles. The molecular formula is C17H34O3. The summed E-state index contributed by atoms with van der Waals surface area (Å²) < 4.78 is 17.5. The van der Waals surface area contributed by atoms with Gasteiger partial charge in [-0.25, -0.2) is 0 Å². The van der Waals surface area contributed by atoms with Crippen LogP contribution in [0.1, 0.15) is 59.3 Å². The first-order valence-corrected chi connectivity index (χ1v) is 8.23. The normalized spacial score (nSPS) is 14.2. The van der Waals surface area contributed by atoms with Gasteiger partial charge in [0, 0.05) is 19.8 Å². The molecule has 20 heavy (non-hydrogen) atoms. The largest absolute Gasteiger partial charge is 0.379 e. The van der Waals surface area contributed by atoms with Crippen molar-refractivity contribution < 1.29 is 14.2 Å². The topological polar surface area (TPSA) is 27.7 Å². The van der Waals surface area contributed by atoms with Crippen molar-refractivity contribution in [1.29, 1.82) is 0 Å². The third-order valence-corrected chi connectivity index (χ3v) is 3.16. The second-order valence-corrected chi connectivity index (χ2v) is 5.12. The van der Waals surface area contributed by atoms with Crippen molar-refractivity contribution in [2.75, 3.05) is 26.4 Å². The summed E-state index contributed by atoms with van der Waals surface area (Å²) >= 11 is 0. The summed E-state index contributed by atoms with van der Waals surface area (Å²) in [4.78, 5) is 0. The summed E-state index contributed by atoms with van der Waals surface area (Å²) in [7, 11) is 0. The van der Waals surface area contributed by atoms with Crippen LogP contribution in [0.25, 0.3) is 0 Å². The zero-order valence-corrected chi connectivity index (χ0v) is 13.7. The molecule has 0 unspecified atom stereocenters. The van der Waals surface area contributed by atoms with Gasteiger partial charge in [0.25, 0.3) is 0 Å². The van der Waals surface area contributed by atoms with Crippen molar-refractivity contribution in [3.63, 3.8) is 0 Å². The Hall–Kier alpha value is -0.380. The third-order valence-electron chi connectivity index (χ3n) is 3.16. The molecule has 0 rings (SSSR count). The quantitative estimate of drug-likeness (QED) is 0.331. The molecule has 0 aromatic carbocycles. The van der Waals surface area contributed by atoms with Gasteiger partial charge in [-0.05, 0) is 19.3 Å². The van der Waals surface area contributed by atoms with Gasteiger partial charge in [0.05, 0.1) is 6.61 Å². The Morgan fingerprint density at radius 2 is 1.40 bits per heavy atom. The molecule has 0 aliphatic carbocycles. The zero-order chi connectivity index (χ0) is 15.1. The van der Waals surface area contributed by atoms with Crippen LogP contribution in [-0.2, 0) is 14.2 Å². The highest BCUT2D eigenvalue weighted by molar-refractivity contribution is 4.87. The summed E-state index contributed by atoms with van der Waals surface area (Å²) in [5.74, 6) is 0. The smallest absolute Gasteiger partial charge is 0.110 e. The van der Waals surface area contributed by atoms with Crippen molar-refractivity contribution in [3.8, 4) is 0 Å². The molecule has 0 aliphatic rings. The number of hydrogen-bond donors (Lipinski definition) is 0. The highest BCUT2D eigenvalue weighted by Gasteiger charge is 2.20. The first-order chi connectivity index (χ1) is 9.79. The lowest BCUT2D eigenvalue weighted by molar-refractivity contribution is -0.0881. The highest BCUT2D eigenvalue weighted by Crippen LogP contribution is 2.09. The molecule has 0 N–H and O–H groups in total. The van der Waals surface area contributed by atoms with Crippen LogP contribution in [0.2, 0.25) is 0 Å². The SMILES string of the molecule is C=C[C@@H](OCCCC)[C@H](COCCCC)OCCCC. The molecule has 3 nitrogen and oxygen atoms in total. The van der Waals surface area contributed by atoms with Gasteiger partial charge in [-0.2, -0.15) is 0 Å². The van der Waals surface area contributed by atoms with Gasteiger partial charge in [0.15, 0.2) is 0 Å². The van der Waals surface area contributed by atoms with Crippen LogP contribution in [0.5, 0.6) is 0 Å². The van der Waals surface area contributed by atoms with E-state index in [0.29, 0.717) is 6.61 Å². The molecule has 0 saturated heterocycles. The predicted molar refractivity (Wildman–Crippen MR) is 85.2 cm³/mol. The van der Waals surface area contributed by atoms with E-state index in [4.69, 9.17) is 14.2 Å². The lowest BCUT2D eigenvalue weighted by atomic mass is 10.2. The molecule has 0 radical (unpaired) electrons. The molecule has 3 heteroatoms. The number of rotatable bonds is 15. The number of unbranched alkanes of at least 4 members (excludes halogenated alkanes) is 3. The van der Waals surface area contributed by atoms with Crippen molar-refractivity contribution in [3.05, 3.63) is 12.7 Å². The van der Waals surface area contributed by atoms with Gasteiger partial charge in [0.2, 0.25) is 0 Å².